The van der Waals surface area contributed by atoms with Crippen LogP contribution in [0.25, 0.3) is 0 Å². The molecule has 0 aromatic heterocycles. The highest BCUT2D eigenvalue weighted by atomic mass is 14.9. The molecule has 1 rings (SSSR count). The van der Waals surface area contributed by atoms with Crippen LogP contribution in [0.2, 0.25) is 0 Å². The summed E-state index contributed by atoms with van der Waals surface area (Å²) < 4.78 is 0. The molecule has 0 heterocycles. The number of nitrogens with one attached hydrogen (secondary N) is 1. The van der Waals surface area contributed by atoms with Crippen LogP contribution in [-0.2, 0) is 0 Å². The molecule has 2 nitrogen and oxygen atoms in total. The van der Waals surface area contributed by atoms with Crippen LogP contribution in [0.15, 0.2) is 0 Å². The zero-order valence-electron chi connectivity index (χ0n) is 6.43. The Hall–Kier alpha value is -0.550. The molecule has 0 saturated heterocycles. The third kappa shape index (κ3) is 1.48. The van der Waals surface area contributed by atoms with Gasteiger partial charge >= 0.3 is 0 Å². The maximum absolute atomic E-state index is 8.70. The number of hydrogen-bond donors (Lipinski definition) is 1. The Morgan fingerprint density at radius 2 is 2.10 bits per heavy atom. The first-order valence-electron chi connectivity index (χ1n) is 3.95. The quantitative estimate of drug-likeness (QED) is 0.592. The number of rotatable bonds is 1. The molecule has 0 spiro atoms. The highest BCUT2D eigenvalue weighted by Crippen LogP contribution is 2.22. The Kier molecular flexibility index (Phi) is 2.70. The Morgan fingerprint density at radius 1 is 1.40 bits per heavy atom. The van der Waals surface area contributed by atoms with Gasteiger partial charge < -0.3 is 5.32 Å². The zero-order valence-corrected chi connectivity index (χ0v) is 6.43. The number of nitriles is 1. The van der Waals surface area contributed by atoms with Gasteiger partial charge in [-0.1, -0.05) is 12.8 Å². The zero-order chi connectivity index (χ0) is 7.40. The fourth-order valence-electron chi connectivity index (χ4n) is 1.63. The molecular formula is C8H14N2. The first kappa shape index (κ1) is 7.56. The van der Waals surface area contributed by atoms with Crippen LogP contribution in [0.5, 0.6) is 0 Å². The lowest BCUT2D eigenvalue weighted by Crippen LogP contribution is -2.35. The summed E-state index contributed by atoms with van der Waals surface area (Å²) in [6.45, 7) is 0. The Morgan fingerprint density at radius 3 is 2.60 bits per heavy atom. The molecule has 0 amide bonds. The lowest BCUT2D eigenvalue weighted by atomic mass is 9.86. The van der Waals surface area contributed by atoms with E-state index in [0.29, 0.717) is 6.04 Å². The monoisotopic (exact) mass is 138 g/mol. The van der Waals surface area contributed by atoms with Crippen molar-refractivity contribution in [2.75, 3.05) is 7.05 Å². The Bertz CT molecular complexity index is 137. The molecule has 2 heteroatoms. The minimum Gasteiger partial charge on any atom is -0.316 e. The van der Waals surface area contributed by atoms with Gasteiger partial charge in [0.25, 0.3) is 0 Å². The highest BCUT2D eigenvalue weighted by Gasteiger charge is 2.22. The van der Waals surface area contributed by atoms with Gasteiger partial charge in [-0.2, -0.15) is 5.26 Å². The van der Waals surface area contributed by atoms with Gasteiger partial charge in [0.15, 0.2) is 0 Å². The van der Waals surface area contributed by atoms with Gasteiger partial charge in [0.1, 0.15) is 0 Å². The van der Waals surface area contributed by atoms with E-state index in [1.54, 1.807) is 0 Å². The Labute approximate surface area is 62.2 Å². The van der Waals surface area contributed by atoms with E-state index in [1.807, 2.05) is 7.05 Å². The SMILES string of the molecule is CN[C@@H]1CCCC[C@H]1C#N. The van der Waals surface area contributed by atoms with Crippen molar-refractivity contribution in [3.8, 4) is 6.07 Å². The molecule has 1 fully saturated rings. The van der Waals surface area contributed by atoms with E-state index in [4.69, 9.17) is 5.26 Å². The molecule has 10 heavy (non-hydrogen) atoms. The van der Waals surface area contributed by atoms with Crippen LogP contribution in [0.1, 0.15) is 25.7 Å². The summed E-state index contributed by atoms with van der Waals surface area (Å²) in [7, 11) is 1.94. The maximum atomic E-state index is 8.70. The average Bonchev–Trinajstić information content (AvgIpc) is 2.04. The van der Waals surface area contributed by atoms with Crippen LogP contribution in [-0.4, -0.2) is 13.1 Å². The molecule has 0 radical (unpaired) electrons. The van der Waals surface area contributed by atoms with Gasteiger partial charge in [-0.15, -0.1) is 0 Å². The summed E-state index contributed by atoms with van der Waals surface area (Å²) in [5.41, 5.74) is 0. The van der Waals surface area contributed by atoms with E-state index < -0.39 is 0 Å². The first-order chi connectivity index (χ1) is 4.88. The van der Waals surface area contributed by atoms with Crippen molar-refractivity contribution in [2.24, 2.45) is 5.92 Å². The van der Waals surface area contributed by atoms with E-state index in [0.717, 1.165) is 6.42 Å². The molecular weight excluding hydrogens is 124 g/mol. The second-order valence-electron chi connectivity index (χ2n) is 2.92. The van der Waals surface area contributed by atoms with E-state index >= 15 is 0 Å². The fraction of sp³-hybridized carbons (Fsp3) is 0.875. The predicted molar refractivity (Wildman–Crippen MR) is 40.4 cm³/mol. The largest absolute Gasteiger partial charge is 0.316 e. The molecule has 0 aliphatic heterocycles. The summed E-state index contributed by atoms with van der Waals surface area (Å²) >= 11 is 0. The van der Waals surface area contributed by atoms with Gasteiger partial charge in [0.2, 0.25) is 0 Å². The summed E-state index contributed by atoms with van der Waals surface area (Å²) in [5.74, 6) is 0.263. The highest BCUT2D eigenvalue weighted by molar-refractivity contribution is 4.93. The molecule has 0 aromatic rings. The van der Waals surface area contributed by atoms with Crippen molar-refractivity contribution in [1.82, 2.24) is 5.32 Å². The number of nitrogens with zero attached hydrogens (tertiary/aromatic N) is 1. The van der Waals surface area contributed by atoms with Crippen LogP contribution in [0.3, 0.4) is 0 Å². The van der Waals surface area contributed by atoms with E-state index in [1.165, 1.54) is 19.3 Å². The topological polar surface area (TPSA) is 35.8 Å². The molecule has 2 atom stereocenters. The normalized spacial score (nSPS) is 33.2. The van der Waals surface area contributed by atoms with E-state index in [2.05, 4.69) is 11.4 Å². The molecule has 1 aliphatic carbocycles. The average molecular weight is 138 g/mol. The molecule has 0 unspecified atom stereocenters. The fourth-order valence-corrected chi connectivity index (χ4v) is 1.63. The molecule has 1 N–H and O–H groups in total. The second kappa shape index (κ2) is 3.58. The molecule has 1 saturated carbocycles. The minimum atomic E-state index is 0.263. The molecule has 0 aromatic carbocycles. The summed E-state index contributed by atoms with van der Waals surface area (Å²) in [5, 5.41) is 11.9. The van der Waals surface area contributed by atoms with Crippen molar-refractivity contribution in [3.63, 3.8) is 0 Å². The van der Waals surface area contributed by atoms with Gasteiger partial charge in [0.05, 0.1) is 12.0 Å². The van der Waals surface area contributed by atoms with Gasteiger partial charge in [0, 0.05) is 6.04 Å². The summed E-state index contributed by atoms with van der Waals surface area (Å²) in [6, 6.07) is 2.80. The van der Waals surface area contributed by atoms with Crippen molar-refractivity contribution in [3.05, 3.63) is 0 Å². The summed E-state index contributed by atoms with van der Waals surface area (Å²) in [4.78, 5) is 0. The van der Waals surface area contributed by atoms with Crippen LogP contribution < -0.4 is 5.32 Å². The van der Waals surface area contributed by atoms with Crippen molar-refractivity contribution < 1.29 is 0 Å². The lowest BCUT2D eigenvalue weighted by Gasteiger charge is -2.25. The van der Waals surface area contributed by atoms with Crippen LogP contribution in [0.4, 0.5) is 0 Å². The van der Waals surface area contributed by atoms with Crippen molar-refractivity contribution in [1.29, 1.82) is 5.26 Å². The van der Waals surface area contributed by atoms with Crippen LogP contribution >= 0.6 is 0 Å². The van der Waals surface area contributed by atoms with Gasteiger partial charge in [-0.25, -0.2) is 0 Å². The third-order valence-electron chi connectivity index (χ3n) is 2.30. The summed E-state index contributed by atoms with van der Waals surface area (Å²) in [6.07, 6.45) is 4.77. The van der Waals surface area contributed by atoms with Gasteiger partial charge in [-0.3, -0.25) is 0 Å². The van der Waals surface area contributed by atoms with Crippen LogP contribution in [0, 0.1) is 17.2 Å². The smallest absolute Gasteiger partial charge is 0.0672 e. The molecule has 0 bridgehead atoms. The lowest BCUT2D eigenvalue weighted by molar-refractivity contribution is 0.328. The minimum absolute atomic E-state index is 0.263. The molecule has 56 valence electrons. The number of hydrogen-bond acceptors (Lipinski definition) is 2. The van der Waals surface area contributed by atoms with E-state index in [-0.39, 0.29) is 5.92 Å². The van der Waals surface area contributed by atoms with E-state index in [9.17, 15) is 0 Å². The predicted octanol–water partition coefficient (Wildman–Crippen LogP) is 1.29. The van der Waals surface area contributed by atoms with Gasteiger partial charge in [-0.05, 0) is 19.9 Å². The standard InChI is InChI=1S/C8H14N2/c1-10-8-5-3-2-4-7(8)6-9/h7-8,10H,2-5H2,1H3/t7-,8+/m0/s1. The van der Waals surface area contributed by atoms with Crippen molar-refractivity contribution >= 4 is 0 Å². The third-order valence-corrected chi connectivity index (χ3v) is 2.30. The molecule has 1 aliphatic rings. The van der Waals surface area contributed by atoms with Crippen molar-refractivity contribution in [2.45, 2.75) is 31.7 Å². The second-order valence-corrected chi connectivity index (χ2v) is 2.92. The maximum Gasteiger partial charge on any atom is 0.0672 e. The Balaban J connectivity index is 2.44. The first-order valence-corrected chi connectivity index (χ1v) is 3.95.